The minimum absolute atomic E-state index is 0.182. The molecule has 0 radical (unpaired) electrons. The Kier molecular flexibility index (Phi) is 3.94. The van der Waals surface area contributed by atoms with E-state index in [2.05, 4.69) is 0 Å². The lowest BCUT2D eigenvalue weighted by molar-refractivity contribution is 0.254. The summed E-state index contributed by atoms with van der Waals surface area (Å²) in [6, 6.07) is 6.78. The lowest BCUT2D eigenvalue weighted by Crippen LogP contribution is -2.11. The highest BCUT2D eigenvalue weighted by atomic mass is 19.1. The molecule has 2 heteroatoms. The van der Waals surface area contributed by atoms with E-state index < -0.39 is 0 Å². The van der Waals surface area contributed by atoms with Gasteiger partial charge in [0.25, 0.3) is 0 Å². The largest absolute Gasteiger partial charge is 0.396 e. The minimum atomic E-state index is -0.182. The van der Waals surface area contributed by atoms with Crippen molar-refractivity contribution in [1.82, 2.24) is 0 Å². The van der Waals surface area contributed by atoms with E-state index >= 15 is 0 Å². The zero-order valence-electron chi connectivity index (χ0n) is 9.53. The minimum Gasteiger partial charge on any atom is -0.396 e. The molecular formula is C14H19FO. The maximum atomic E-state index is 12.9. The first-order chi connectivity index (χ1) is 7.81. The summed E-state index contributed by atoms with van der Waals surface area (Å²) in [6.45, 7) is 0.221. The number of benzene rings is 1. The second-order valence-electron chi connectivity index (χ2n) is 4.71. The van der Waals surface area contributed by atoms with Crippen LogP contribution in [0.5, 0.6) is 0 Å². The van der Waals surface area contributed by atoms with Crippen LogP contribution in [-0.2, 0) is 0 Å². The summed E-state index contributed by atoms with van der Waals surface area (Å²) in [7, 11) is 0. The van der Waals surface area contributed by atoms with Crippen LogP contribution in [0.15, 0.2) is 24.3 Å². The molecule has 0 spiro atoms. The lowest BCUT2D eigenvalue weighted by Gasteiger charge is -2.23. The van der Waals surface area contributed by atoms with E-state index in [9.17, 15) is 4.39 Å². The fourth-order valence-electron chi connectivity index (χ4n) is 2.88. The van der Waals surface area contributed by atoms with E-state index in [1.165, 1.54) is 43.4 Å². The molecule has 0 aromatic heterocycles. The van der Waals surface area contributed by atoms with Crippen LogP contribution in [0.25, 0.3) is 0 Å². The third kappa shape index (κ3) is 2.62. The number of aliphatic hydroxyl groups is 1. The van der Waals surface area contributed by atoms with Gasteiger partial charge in [0, 0.05) is 6.61 Å². The fraction of sp³-hybridized carbons (Fsp3) is 0.571. The Balaban J connectivity index is 2.14. The second-order valence-corrected chi connectivity index (χ2v) is 4.71. The topological polar surface area (TPSA) is 20.2 Å². The number of rotatable bonds is 4. The Hall–Kier alpha value is -0.890. The van der Waals surface area contributed by atoms with Crippen LogP contribution in [0, 0.1) is 11.7 Å². The highest BCUT2D eigenvalue weighted by molar-refractivity contribution is 5.21. The molecule has 1 fully saturated rings. The third-order valence-corrected chi connectivity index (χ3v) is 3.71. The normalized spacial score (nSPS) is 18.9. The van der Waals surface area contributed by atoms with Gasteiger partial charge < -0.3 is 5.11 Å². The molecule has 1 aliphatic rings. The van der Waals surface area contributed by atoms with E-state index in [4.69, 9.17) is 5.11 Å². The molecule has 88 valence electrons. The first-order valence-corrected chi connectivity index (χ1v) is 6.17. The smallest absolute Gasteiger partial charge is 0.123 e. The van der Waals surface area contributed by atoms with Crippen molar-refractivity contribution in [1.29, 1.82) is 0 Å². The molecule has 0 saturated heterocycles. The van der Waals surface area contributed by atoms with Crippen molar-refractivity contribution in [2.24, 2.45) is 5.92 Å². The second kappa shape index (κ2) is 5.44. The zero-order valence-corrected chi connectivity index (χ0v) is 9.53. The van der Waals surface area contributed by atoms with Crippen LogP contribution in [0.1, 0.15) is 43.6 Å². The van der Waals surface area contributed by atoms with Crippen LogP contribution in [0.3, 0.4) is 0 Å². The average Bonchev–Trinajstić information content (AvgIpc) is 2.81. The lowest BCUT2D eigenvalue weighted by atomic mass is 9.83. The van der Waals surface area contributed by atoms with Crippen molar-refractivity contribution in [2.75, 3.05) is 6.61 Å². The van der Waals surface area contributed by atoms with Crippen LogP contribution in [-0.4, -0.2) is 11.7 Å². The SMILES string of the molecule is OCCC(c1ccc(F)cc1)C1CCCC1. The number of hydrogen-bond acceptors (Lipinski definition) is 1. The summed E-state index contributed by atoms with van der Waals surface area (Å²) in [4.78, 5) is 0. The predicted molar refractivity (Wildman–Crippen MR) is 62.8 cm³/mol. The van der Waals surface area contributed by atoms with Crippen LogP contribution >= 0.6 is 0 Å². The summed E-state index contributed by atoms with van der Waals surface area (Å²) in [5.41, 5.74) is 1.18. The zero-order chi connectivity index (χ0) is 11.4. The fourth-order valence-corrected chi connectivity index (χ4v) is 2.88. The Bertz CT molecular complexity index is 314. The van der Waals surface area contributed by atoms with Gasteiger partial charge in [0.05, 0.1) is 0 Å². The maximum Gasteiger partial charge on any atom is 0.123 e. The van der Waals surface area contributed by atoms with Crippen LogP contribution < -0.4 is 0 Å². The van der Waals surface area contributed by atoms with Crippen molar-refractivity contribution < 1.29 is 9.50 Å². The van der Waals surface area contributed by atoms with Crippen molar-refractivity contribution in [3.8, 4) is 0 Å². The molecule has 1 unspecified atom stereocenters. The molecule has 1 atom stereocenters. The van der Waals surface area contributed by atoms with Gasteiger partial charge in [0.1, 0.15) is 5.82 Å². The molecule has 1 aliphatic carbocycles. The van der Waals surface area contributed by atoms with Crippen molar-refractivity contribution in [3.05, 3.63) is 35.6 Å². The molecule has 0 heterocycles. The Morgan fingerprint density at radius 1 is 1.19 bits per heavy atom. The van der Waals surface area contributed by atoms with E-state index in [-0.39, 0.29) is 12.4 Å². The molecule has 1 nitrogen and oxygen atoms in total. The van der Waals surface area contributed by atoms with Crippen LogP contribution in [0.4, 0.5) is 4.39 Å². The van der Waals surface area contributed by atoms with Crippen molar-refractivity contribution >= 4 is 0 Å². The molecule has 16 heavy (non-hydrogen) atoms. The summed E-state index contributed by atoms with van der Waals surface area (Å²) >= 11 is 0. The molecule has 1 saturated carbocycles. The first-order valence-electron chi connectivity index (χ1n) is 6.17. The van der Waals surface area contributed by atoms with Gasteiger partial charge in [-0.15, -0.1) is 0 Å². The molecule has 0 aliphatic heterocycles. The molecule has 1 aromatic rings. The Labute approximate surface area is 96.3 Å². The highest BCUT2D eigenvalue weighted by Crippen LogP contribution is 2.39. The van der Waals surface area contributed by atoms with E-state index in [0.29, 0.717) is 11.8 Å². The summed E-state index contributed by atoms with van der Waals surface area (Å²) in [5.74, 6) is 0.906. The Morgan fingerprint density at radius 3 is 2.38 bits per heavy atom. The molecule has 0 amide bonds. The predicted octanol–water partition coefficient (Wildman–Crippen LogP) is 3.48. The molecule has 0 bridgehead atoms. The molecule has 1 N–H and O–H groups in total. The maximum absolute atomic E-state index is 12.9. The quantitative estimate of drug-likeness (QED) is 0.827. The van der Waals surface area contributed by atoms with Gasteiger partial charge in [-0.25, -0.2) is 4.39 Å². The molecule has 2 rings (SSSR count). The van der Waals surface area contributed by atoms with Gasteiger partial charge in [0.2, 0.25) is 0 Å². The first kappa shape index (κ1) is 11.6. The average molecular weight is 222 g/mol. The number of halogens is 1. The van der Waals surface area contributed by atoms with E-state index in [1.54, 1.807) is 0 Å². The van der Waals surface area contributed by atoms with Gasteiger partial charge in [-0.2, -0.15) is 0 Å². The summed E-state index contributed by atoms with van der Waals surface area (Å²) < 4.78 is 12.9. The monoisotopic (exact) mass is 222 g/mol. The summed E-state index contributed by atoms with van der Waals surface area (Å²) in [5, 5.41) is 9.14. The standard InChI is InChI=1S/C14H19FO/c15-13-7-5-12(6-8-13)14(9-10-16)11-3-1-2-4-11/h5-8,11,14,16H,1-4,9-10H2. The third-order valence-electron chi connectivity index (χ3n) is 3.71. The van der Waals surface area contributed by atoms with Crippen molar-refractivity contribution in [3.63, 3.8) is 0 Å². The van der Waals surface area contributed by atoms with Crippen LogP contribution in [0.2, 0.25) is 0 Å². The molecular weight excluding hydrogens is 203 g/mol. The Morgan fingerprint density at radius 2 is 1.81 bits per heavy atom. The van der Waals surface area contributed by atoms with Gasteiger partial charge in [-0.3, -0.25) is 0 Å². The van der Waals surface area contributed by atoms with E-state index in [1.807, 2.05) is 12.1 Å². The van der Waals surface area contributed by atoms with Crippen molar-refractivity contribution in [2.45, 2.75) is 38.0 Å². The van der Waals surface area contributed by atoms with Gasteiger partial charge >= 0.3 is 0 Å². The van der Waals surface area contributed by atoms with Gasteiger partial charge in [0.15, 0.2) is 0 Å². The van der Waals surface area contributed by atoms with Gasteiger partial charge in [-0.05, 0) is 48.8 Å². The van der Waals surface area contributed by atoms with E-state index in [0.717, 1.165) is 6.42 Å². The molecule has 1 aromatic carbocycles. The highest BCUT2D eigenvalue weighted by Gasteiger charge is 2.25. The number of hydrogen-bond donors (Lipinski definition) is 1. The summed E-state index contributed by atoms with van der Waals surface area (Å²) in [6.07, 6.45) is 5.90. The van der Waals surface area contributed by atoms with Gasteiger partial charge in [-0.1, -0.05) is 25.0 Å². The number of aliphatic hydroxyl groups excluding tert-OH is 1.